The zero-order chi connectivity index (χ0) is 11.8. The molecule has 0 amide bonds. The Labute approximate surface area is 98.7 Å². The van der Waals surface area contributed by atoms with E-state index in [0.717, 1.165) is 24.1 Å². The van der Waals surface area contributed by atoms with Crippen LogP contribution in [0.5, 0.6) is 0 Å². The minimum Gasteiger partial charge on any atom is -0.478 e. The van der Waals surface area contributed by atoms with Gasteiger partial charge in [-0.1, -0.05) is 12.8 Å². The van der Waals surface area contributed by atoms with E-state index in [1.807, 2.05) is 12.1 Å². The molecule has 2 N–H and O–H groups in total. The number of rotatable bonds is 2. The van der Waals surface area contributed by atoms with E-state index in [1.54, 1.807) is 6.20 Å². The first-order valence-electron chi connectivity index (χ1n) is 5.97. The molecule has 3 rings (SSSR count). The van der Waals surface area contributed by atoms with Crippen molar-refractivity contribution < 1.29 is 9.90 Å². The lowest BCUT2D eigenvalue weighted by Crippen LogP contribution is -2.04. The van der Waals surface area contributed by atoms with Crippen molar-refractivity contribution in [3.63, 3.8) is 0 Å². The standard InChI is InChI=1S/C13H14N2O2/c16-13(17)10-11(8-4-1-2-5-8)15-9-6-3-7-14-12(9)10/h3,6-8,15H,1-2,4-5H2,(H,16,17). The molecule has 1 fully saturated rings. The number of aromatic amines is 1. The lowest BCUT2D eigenvalue weighted by molar-refractivity contribution is 0.0697. The number of nitrogens with zero attached hydrogens (tertiary/aromatic N) is 1. The molecule has 0 unspecified atom stereocenters. The van der Waals surface area contributed by atoms with Crippen molar-refractivity contribution in [3.05, 3.63) is 29.6 Å². The molecule has 4 nitrogen and oxygen atoms in total. The van der Waals surface area contributed by atoms with Gasteiger partial charge in [-0.3, -0.25) is 4.98 Å². The lowest BCUT2D eigenvalue weighted by atomic mass is 10.00. The first kappa shape index (κ1) is 10.3. The summed E-state index contributed by atoms with van der Waals surface area (Å²) in [6.07, 6.45) is 6.17. The van der Waals surface area contributed by atoms with Crippen LogP contribution in [0, 0.1) is 0 Å². The molecular formula is C13H14N2O2. The van der Waals surface area contributed by atoms with Crippen molar-refractivity contribution in [2.24, 2.45) is 0 Å². The quantitative estimate of drug-likeness (QED) is 0.833. The highest BCUT2D eigenvalue weighted by Crippen LogP contribution is 2.37. The predicted molar refractivity (Wildman–Crippen MR) is 64.3 cm³/mol. The summed E-state index contributed by atoms with van der Waals surface area (Å²) >= 11 is 0. The lowest BCUT2D eigenvalue weighted by Gasteiger charge is -2.07. The summed E-state index contributed by atoms with van der Waals surface area (Å²) in [6, 6.07) is 3.70. The fraction of sp³-hybridized carbons (Fsp3) is 0.385. The average molecular weight is 230 g/mol. The number of nitrogens with one attached hydrogen (secondary N) is 1. The number of aromatic nitrogens is 2. The van der Waals surface area contributed by atoms with Crippen LogP contribution in [0.1, 0.15) is 47.7 Å². The van der Waals surface area contributed by atoms with Crippen LogP contribution in [-0.2, 0) is 0 Å². The summed E-state index contributed by atoms with van der Waals surface area (Å²) in [4.78, 5) is 18.8. The number of H-pyrrole nitrogens is 1. The van der Waals surface area contributed by atoms with Crippen LogP contribution >= 0.6 is 0 Å². The molecule has 0 aliphatic heterocycles. The van der Waals surface area contributed by atoms with Gasteiger partial charge < -0.3 is 10.1 Å². The Balaban J connectivity index is 2.22. The van der Waals surface area contributed by atoms with Gasteiger partial charge in [-0.2, -0.15) is 0 Å². The van der Waals surface area contributed by atoms with E-state index in [9.17, 15) is 9.90 Å². The molecule has 4 heteroatoms. The van der Waals surface area contributed by atoms with Gasteiger partial charge in [0.2, 0.25) is 0 Å². The smallest absolute Gasteiger partial charge is 0.339 e. The Morgan fingerprint density at radius 3 is 2.88 bits per heavy atom. The van der Waals surface area contributed by atoms with Gasteiger partial charge >= 0.3 is 5.97 Å². The van der Waals surface area contributed by atoms with Crippen molar-refractivity contribution in [1.82, 2.24) is 9.97 Å². The summed E-state index contributed by atoms with van der Waals surface area (Å²) in [6.45, 7) is 0. The minimum absolute atomic E-state index is 0.357. The van der Waals surface area contributed by atoms with Crippen LogP contribution in [-0.4, -0.2) is 21.0 Å². The zero-order valence-corrected chi connectivity index (χ0v) is 9.44. The van der Waals surface area contributed by atoms with Gasteiger partial charge in [0.05, 0.1) is 5.52 Å². The molecule has 2 aromatic heterocycles. The zero-order valence-electron chi connectivity index (χ0n) is 9.44. The first-order chi connectivity index (χ1) is 8.27. The van der Waals surface area contributed by atoms with Gasteiger partial charge in [0.1, 0.15) is 11.1 Å². The SMILES string of the molecule is O=C(O)c1c(C2CCCC2)[nH]c2cccnc12. The van der Waals surface area contributed by atoms with Gasteiger partial charge in [-0.15, -0.1) is 0 Å². The van der Waals surface area contributed by atoms with Crippen LogP contribution in [0.3, 0.4) is 0 Å². The molecule has 1 saturated carbocycles. The number of fused-ring (bicyclic) bond motifs is 1. The maximum atomic E-state index is 11.4. The van der Waals surface area contributed by atoms with E-state index in [0.29, 0.717) is 17.0 Å². The highest BCUT2D eigenvalue weighted by molar-refractivity contribution is 6.03. The fourth-order valence-corrected chi connectivity index (χ4v) is 2.78. The second-order valence-corrected chi connectivity index (χ2v) is 4.60. The second kappa shape index (κ2) is 3.87. The third kappa shape index (κ3) is 1.60. The summed E-state index contributed by atoms with van der Waals surface area (Å²) < 4.78 is 0. The number of hydrogen-bond donors (Lipinski definition) is 2. The molecular weight excluding hydrogens is 216 g/mol. The second-order valence-electron chi connectivity index (χ2n) is 4.60. The van der Waals surface area contributed by atoms with E-state index >= 15 is 0 Å². The average Bonchev–Trinajstić information content (AvgIpc) is 2.95. The molecule has 0 aromatic carbocycles. The molecule has 17 heavy (non-hydrogen) atoms. The highest BCUT2D eigenvalue weighted by atomic mass is 16.4. The number of carboxylic acids is 1. The normalized spacial score (nSPS) is 16.7. The van der Waals surface area contributed by atoms with Gasteiger partial charge in [0.25, 0.3) is 0 Å². The molecule has 2 heterocycles. The molecule has 0 saturated heterocycles. The van der Waals surface area contributed by atoms with Crippen molar-refractivity contribution in [1.29, 1.82) is 0 Å². The van der Waals surface area contributed by atoms with Gasteiger partial charge in [0, 0.05) is 11.9 Å². The largest absolute Gasteiger partial charge is 0.478 e. The summed E-state index contributed by atoms with van der Waals surface area (Å²) in [7, 11) is 0. The molecule has 88 valence electrons. The van der Waals surface area contributed by atoms with Crippen LogP contribution in [0.15, 0.2) is 18.3 Å². The first-order valence-corrected chi connectivity index (χ1v) is 5.97. The highest BCUT2D eigenvalue weighted by Gasteiger charge is 2.26. The molecule has 1 aliphatic carbocycles. The summed E-state index contributed by atoms with van der Waals surface area (Å²) in [5.41, 5.74) is 2.64. The fourth-order valence-electron chi connectivity index (χ4n) is 2.78. The van der Waals surface area contributed by atoms with E-state index in [-0.39, 0.29) is 0 Å². The van der Waals surface area contributed by atoms with Crippen LogP contribution in [0.4, 0.5) is 0 Å². The number of pyridine rings is 1. The predicted octanol–water partition coefficient (Wildman–Crippen LogP) is 2.92. The van der Waals surface area contributed by atoms with Crippen LogP contribution in [0.2, 0.25) is 0 Å². The van der Waals surface area contributed by atoms with Crippen molar-refractivity contribution >= 4 is 17.0 Å². The molecule has 1 aliphatic rings. The monoisotopic (exact) mass is 230 g/mol. The maximum absolute atomic E-state index is 11.4. The number of carbonyl (C=O) groups is 1. The Kier molecular flexibility index (Phi) is 2.35. The topological polar surface area (TPSA) is 66.0 Å². The third-order valence-electron chi connectivity index (χ3n) is 3.56. The van der Waals surface area contributed by atoms with Gasteiger partial charge in [-0.05, 0) is 30.9 Å². The van der Waals surface area contributed by atoms with Crippen LogP contribution < -0.4 is 0 Å². The maximum Gasteiger partial charge on any atom is 0.339 e. The van der Waals surface area contributed by atoms with Crippen molar-refractivity contribution in [3.8, 4) is 0 Å². The Bertz CT molecular complexity index is 568. The Hall–Kier alpha value is -1.84. The Morgan fingerprint density at radius 1 is 1.41 bits per heavy atom. The molecule has 0 spiro atoms. The van der Waals surface area contributed by atoms with E-state index in [2.05, 4.69) is 9.97 Å². The van der Waals surface area contributed by atoms with Crippen LogP contribution in [0.25, 0.3) is 11.0 Å². The van der Waals surface area contributed by atoms with Crippen molar-refractivity contribution in [2.45, 2.75) is 31.6 Å². The number of hydrogen-bond acceptors (Lipinski definition) is 2. The van der Waals surface area contributed by atoms with Gasteiger partial charge in [0.15, 0.2) is 0 Å². The van der Waals surface area contributed by atoms with E-state index in [1.165, 1.54) is 12.8 Å². The van der Waals surface area contributed by atoms with Crippen molar-refractivity contribution in [2.75, 3.05) is 0 Å². The van der Waals surface area contributed by atoms with E-state index in [4.69, 9.17) is 0 Å². The number of carboxylic acid groups (broad SMARTS) is 1. The molecule has 2 aromatic rings. The third-order valence-corrected chi connectivity index (χ3v) is 3.56. The van der Waals surface area contributed by atoms with E-state index < -0.39 is 5.97 Å². The summed E-state index contributed by atoms with van der Waals surface area (Å²) in [5, 5.41) is 9.35. The molecule has 0 bridgehead atoms. The molecule has 0 atom stereocenters. The Morgan fingerprint density at radius 2 is 2.18 bits per heavy atom. The summed E-state index contributed by atoms with van der Waals surface area (Å²) in [5.74, 6) is -0.521. The number of aromatic carboxylic acids is 1. The van der Waals surface area contributed by atoms with Gasteiger partial charge in [-0.25, -0.2) is 4.79 Å². The molecule has 0 radical (unpaired) electrons. The minimum atomic E-state index is -0.878.